The van der Waals surface area contributed by atoms with Crippen LogP contribution in [0.2, 0.25) is 18.1 Å². The van der Waals surface area contributed by atoms with E-state index in [-0.39, 0.29) is 11.0 Å². The average molecular weight is 463 g/mol. The summed E-state index contributed by atoms with van der Waals surface area (Å²) >= 11 is 3.54. The molecule has 28 heavy (non-hydrogen) atoms. The Morgan fingerprint density at radius 2 is 1.93 bits per heavy atom. The Hall–Kier alpha value is -1.42. The molecule has 0 spiro atoms. The van der Waals surface area contributed by atoms with Gasteiger partial charge in [0.15, 0.2) is 8.32 Å². The van der Waals surface area contributed by atoms with Crippen LogP contribution in [-0.2, 0) is 21.3 Å². The third kappa shape index (κ3) is 4.76. The van der Waals surface area contributed by atoms with Crippen LogP contribution in [-0.4, -0.2) is 25.8 Å². The molecule has 0 aliphatic heterocycles. The maximum absolute atomic E-state index is 11.8. The minimum absolute atomic E-state index is 0.109. The van der Waals surface area contributed by atoms with E-state index < -0.39 is 13.9 Å². The molecule has 1 heterocycles. The summed E-state index contributed by atoms with van der Waals surface area (Å²) < 4.78 is 9.36. The van der Waals surface area contributed by atoms with Gasteiger partial charge in [0.05, 0.1) is 11.5 Å². The highest BCUT2D eigenvalue weighted by atomic mass is 79.9. The Bertz CT molecular complexity index is 904. The van der Waals surface area contributed by atoms with Crippen molar-refractivity contribution in [2.24, 2.45) is 5.92 Å². The molecule has 6 heteroatoms. The van der Waals surface area contributed by atoms with Crippen LogP contribution in [0.4, 0.5) is 0 Å². The fourth-order valence-corrected chi connectivity index (χ4v) is 4.30. The molecule has 1 atom stereocenters. The van der Waals surface area contributed by atoms with Gasteiger partial charge in [-0.05, 0) is 30.3 Å². The summed E-state index contributed by atoms with van der Waals surface area (Å²) in [7, 11) is -1.91. The van der Waals surface area contributed by atoms with Crippen molar-refractivity contribution < 1.29 is 9.22 Å². The standard InChI is InChI=1S/C22H31BrN2O2Si/c1-21(2,3)28(7,8)27-15-16(14-26)12-25-13-19(22(4,5)24-6)18-10-9-17(23)11-20(18)25/h9-11,13-14,16H,12,15H2,1-5,7-8H3. The number of hydrogen-bond donors (Lipinski definition) is 0. The van der Waals surface area contributed by atoms with Crippen molar-refractivity contribution in [2.75, 3.05) is 6.61 Å². The molecule has 0 saturated heterocycles. The number of hydrogen-bond acceptors (Lipinski definition) is 2. The zero-order chi connectivity index (χ0) is 21.3. The fourth-order valence-electron chi connectivity index (χ4n) is 2.88. The normalized spacial score (nSPS) is 14.1. The SMILES string of the molecule is [C-]#[N+]C(C)(C)c1cn(CC(C=O)CO[Si](C)(C)C(C)(C)C)c2cc(Br)ccc12. The van der Waals surface area contributed by atoms with Crippen molar-refractivity contribution in [1.29, 1.82) is 0 Å². The number of aldehydes is 1. The molecule has 0 amide bonds. The Kier molecular flexibility index (Phi) is 6.64. The largest absolute Gasteiger partial charge is 0.416 e. The molecular formula is C22H31BrN2O2Si. The minimum Gasteiger partial charge on any atom is -0.416 e. The Balaban J connectivity index is 2.35. The highest BCUT2D eigenvalue weighted by molar-refractivity contribution is 9.10. The number of rotatable bonds is 7. The van der Waals surface area contributed by atoms with Crippen LogP contribution in [0.3, 0.4) is 0 Å². The van der Waals surface area contributed by atoms with Crippen LogP contribution < -0.4 is 0 Å². The van der Waals surface area contributed by atoms with Gasteiger partial charge in [0.25, 0.3) is 5.54 Å². The molecule has 2 aromatic rings. The van der Waals surface area contributed by atoms with Crippen molar-refractivity contribution in [1.82, 2.24) is 4.57 Å². The van der Waals surface area contributed by atoms with E-state index in [1.54, 1.807) is 0 Å². The van der Waals surface area contributed by atoms with Crippen LogP contribution in [0.5, 0.6) is 0 Å². The molecule has 0 N–H and O–H groups in total. The van der Waals surface area contributed by atoms with E-state index >= 15 is 0 Å². The van der Waals surface area contributed by atoms with Gasteiger partial charge in [0.1, 0.15) is 6.29 Å². The lowest BCUT2D eigenvalue weighted by Crippen LogP contribution is -2.42. The van der Waals surface area contributed by atoms with Crippen molar-refractivity contribution in [2.45, 2.75) is 64.8 Å². The molecule has 0 bridgehead atoms. The van der Waals surface area contributed by atoms with Crippen molar-refractivity contribution in [3.8, 4) is 0 Å². The Morgan fingerprint density at radius 1 is 1.29 bits per heavy atom. The van der Waals surface area contributed by atoms with E-state index in [4.69, 9.17) is 11.0 Å². The lowest BCUT2D eigenvalue weighted by Gasteiger charge is -2.36. The second-order valence-electron chi connectivity index (χ2n) is 9.49. The van der Waals surface area contributed by atoms with E-state index in [0.29, 0.717) is 13.2 Å². The Morgan fingerprint density at radius 3 is 2.46 bits per heavy atom. The molecule has 4 nitrogen and oxygen atoms in total. The number of benzene rings is 1. The molecule has 0 fully saturated rings. The van der Waals surface area contributed by atoms with Crippen molar-refractivity contribution in [3.63, 3.8) is 0 Å². The van der Waals surface area contributed by atoms with Gasteiger partial charge in [0, 0.05) is 48.6 Å². The molecule has 0 saturated carbocycles. The summed E-state index contributed by atoms with van der Waals surface area (Å²) in [6, 6.07) is 6.09. The molecule has 2 rings (SSSR count). The monoisotopic (exact) mass is 462 g/mol. The van der Waals surface area contributed by atoms with Gasteiger partial charge in [-0.15, -0.1) is 0 Å². The molecular weight excluding hydrogens is 432 g/mol. The number of fused-ring (bicyclic) bond motifs is 1. The number of halogens is 1. The van der Waals surface area contributed by atoms with Crippen LogP contribution in [0.1, 0.15) is 40.2 Å². The van der Waals surface area contributed by atoms with Gasteiger partial charge < -0.3 is 18.6 Å². The number of aromatic nitrogens is 1. The van der Waals surface area contributed by atoms with Gasteiger partial charge in [0.2, 0.25) is 0 Å². The summed E-state index contributed by atoms with van der Waals surface area (Å²) in [6.45, 7) is 23.4. The van der Waals surface area contributed by atoms with Crippen LogP contribution in [0, 0.1) is 12.5 Å². The number of nitrogens with zero attached hydrogens (tertiary/aromatic N) is 2. The van der Waals surface area contributed by atoms with Crippen molar-refractivity contribution >= 4 is 41.4 Å². The van der Waals surface area contributed by atoms with E-state index in [0.717, 1.165) is 27.2 Å². The molecule has 0 aliphatic carbocycles. The lowest BCUT2D eigenvalue weighted by molar-refractivity contribution is -0.112. The highest BCUT2D eigenvalue weighted by Crippen LogP contribution is 2.37. The van der Waals surface area contributed by atoms with Crippen LogP contribution in [0.25, 0.3) is 15.7 Å². The minimum atomic E-state index is -1.91. The lowest BCUT2D eigenvalue weighted by atomic mass is 9.95. The van der Waals surface area contributed by atoms with E-state index in [1.807, 2.05) is 32.2 Å². The zero-order valence-electron chi connectivity index (χ0n) is 18.0. The predicted molar refractivity (Wildman–Crippen MR) is 122 cm³/mol. The summed E-state index contributed by atoms with van der Waals surface area (Å²) in [4.78, 5) is 15.6. The molecule has 0 aliphatic rings. The summed E-state index contributed by atoms with van der Waals surface area (Å²) in [5.41, 5.74) is 1.39. The van der Waals surface area contributed by atoms with Gasteiger partial charge in [-0.2, -0.15) is 0 Å². The van der Waals surface area contributed by atoms with Gasteiger partial charge in [-0.25, -0.2) is 6.57 Å². The first kappa shape index (κ1) is 22.9. The van der Waals surface area contributed by atoms with E-state index in [1.165, 1.54) is 0 Å². The quantitative estimate of drug-likeness (QED) is 0.271. The fraction of sp³-hybridized carbons (Fsp3) is 0.545. The first-order chi connectivity index (χ1) is 12.8. The topological polar surface area (TPSA) is 35.6 Å². The smallest absolute Gasteiger partial charge is 0.254 e. The van der Waals surface area contributed by atoms with Crippen LogP contribution in [0.15, 0.2) is 28.9 Å². The van der Waals surface area contributed by atoms with Crippen molar-refractivity contribution in [3.05, 3.63) is 45.8 Å². The molecule has 1 unspecified atom stereocenters. The van der Waals surface area contributed by atoms with Gasteiger partial charge >= 0.3 is 0 Å². The average Bonchev–Trinajstić information content (AvgIpc) is 2.96. The second kappa shape index (κ2) is 8.14. The third-order valence-corrected chi connectivity index (χ3v) is 10.9. The van der Waals surface area contributed by atoms with Crippen LogP contribution >= 0.6 is 15.9 Å². The first-order valence-corrected chi connectivity index (χ1v) is 13.3. The molecule has 0 radical (unpaired) electrons. The second-order valence-corrected chi connectivity index (χ2v) is 15.2. The number of carbonyl (C=O) groups is 1. The molecule has 152 valence electrons. The molecule has 1 aromatic carbocycles. The highest BCUT2D eigenvalue weighted by Gasteiger charge is 2.37. The van der Waals surface area contributed by atoms with E-state index in [2.05, 4.69) is 65.3 Å². The number of carbonyl (C=O) groups excluding carboxylic acids is 1. The Labute approximate surface area is 178 Å². The summed E-state index contributed by atoms with van der Waals surface area (Å²) in [5, 5.41) is 1.16. The maximum Gasteiger partial charge on any atom is 0.254 e. The summed E-state index contributed by atoms with van der Waals surface area (Å²) in [5.74, 6) is -0.229. The zero-order valence-corrected chi connectivity index (χ0v) is 20.6. The summed E-state index contributed by atoms with van der Waals surface area (Å²) in [6.07, 6.45) is 3.02. The van der Waals surface area contributed by atoms with E-state index in [9.17, 15) is 4.79 Å². The van der Waals surface area contributed by atoms with Gasteiger partial charge in [-0.3, -0.25) is 0 Å². The first-order valence-electron chi connectivity index (χ1n) is 9.59. The van der Waals surface area contributed by atoms with Gasteiger partial charge in [-0.1, -0.05) is 42.8 Å². The predicted octanol–water partition coefficient (Wildman–Crippen LogP) is 6.40. The third-order valence-electron chi connectivity index (χ3n) is 5.87. The maximum atomic E-state index is 11.8. The molecule has 1 aromatic heterocycles.